The van der Waals surface area contributed by atoms with Gasteiger partial charge in [-0.3, -0.25) is 9.78 Å². The lowest BCUT2D eigenvalue weighted by Gasteiger charge is -2.36. The van der Waals surface area contributed by atoms with E-state index < -0.39 is 0 Å². The summed E-state index contributed by atoms with van der Waals surface area (Å²) in [5.41, 5.74) is 3.50. The summed E-state index contributed by atoms with van der Waals surface area (Å²) in [5.74, 6) is 1.43. The average molecular weight is 433 g/mol. The summed E-state index contributed by atoms with van der Waals surface area (Å²) >= 11 is 0. The molecule has 1 aliphatic rings. The number of hydrogen-bond donors (Lipinski definition) is 0. The number of amides is 1. The number of pyridine rings is 1. The summed E-state index contributed by atoms with van der Waals surface area (Å²) < 4.78 is 10.6. The number of carbonyl (C=O) groups is 1. The van der Waals surface area contributed by atoms with E-state index in [2.05, 4.69) is 9.97 Å². The molecule has 0 spiro atoms. The van der Waals surface area contributed by atoms with Gasteiger partial charge in [0.1, 0.15) is 18.2 Å². The standard InChI is InChI=1S/C25H28N4O3/c1-18-27-17-22(19-10-12-26-13-11-19)24(28-18)23-5-3-4-14-29(23)25(30)20-6-8-21(9-7-20)32-16-15-31-2/h6-13,17,23H,3-5,14-16H2,1-2H3. The molecule has 7 heteroatoms. The van der Waals surface area contributed by atoms with Crippen LogP contribution in [-0.2, 0) is 4.74 Å². The van der Waals surface area contributed by atoms with Crippen LogP contribution in [0.2, 0.25) is 0 Å². The summed E-state index contributed by atoms with van der Waals surface area (Å²) in [6.07, 6.45) is 8.29. The van der Waals surface area contributed by atoms with Gasteiger partial charge in [-0.25, -0.2) is 9.97 Å². The molecule has 1 aromatic carbocycles. The van der Waals surface area contributed by atoms with E-state index in [0.717, 1.165) is 41.8 Å². The van der Waals surface area contributed by atoms with E-state index in [0.29, 0.717) is 31.1 Å². The van der Waals surface area contributed by atoms with Crippen molar-refractivity contribution in [2.45, 2.75) is 32.2 Å². The number of benzene rings is 1. The summed E-state index contributed by atoms with van der Waals surface area (Å²) in [4.78, 5) is 28.8. The minimum absolute atomic E-state index is 0.00934. The third-order valence-corrected chi connectivity index (χ3v) is 5.67. The summed E-state index contributed by atoms with van der Waals surface area (Å²) in [6.45, 7) is 3.59. The molecule has 0 N–H and O–H groups in total. The molecule has 3 aromatic rings. The van der Waals surface area contributed by atoms with Crippen molar-refractivity contribution in [1.82, 2.24) is 19.9 Å². The first-order valence-corrected chi connectivity index (χ1v) is 10.9. The monoisotopic (exact) mass is 432 g/mol. The first-order chi connectivity index (χ1) is 15.7. The van der Waals surface area contributed by atoms with Crippen LogP contribution in [-0.4, -0.2) is 52.6 Å². The van der Waals surface area contributed by atoms with Crippen molar-refractivity contribution >= 4 is 5.91 Å². The predicted molar refractivity (Wildman–Crippen MR) is 121 cm³/mol. The van der Waals surface area contributed by atoms with Crippen LogP contribution in [0.25, 0.3) is 11.1 Å². The zero-order valence-corrected chi connectivity index (χ0v) is 18.5. The van der Waals surface area contributed by atoms with Gasteiger partial charge in [0.15, 0.2) is 0 Å². The fourth-order valence-electron chi connectivity index (χ4n) is 4.06. The Morgan fingerprint density at radius 1 is 1.09 bits per heavy atom. The highest BCUT2D eigenvalue weighted by Crippen LogP contribution is 2.36. The Hall–Kier alpha value is -3.32. The first kappa shape index (κ1) is 21.9. The summed E-state index contributed by atoms with van der Waals surface area (Å²) in [7, 11) is 1.64. The van der Waals surface area contributed by atoms with E-state index in [9.17, 15) is 4.79 Å². The lowest BCUT2D eigenvalue weighted by molar-refractivity contribution is 0.0606. The lowest BCUT2D eigenvalue weighted by atomic mass is 9.93. The summed E-state index contributed by atoms with van der Waals surface area (Å²) in [6, 6.07) is 11.1. The second-order valence-electron chi connectivity index (χ2n) is 7.83. The molecule has 1 amide bonds. The molecule has 2 aromatic heterocycles. The van der Waals surface area contributed by atoms with Crippen molar-refractivity contribution < 1.29 is 14.3 Å². The maximum atomic E-state index is 13.5. The topological polar surface area (TPSA) is 77.4 Å². The third kappa shape index (κ3) is 4.94. The van der Waals surface area contributed by atoms with E-state index >= 15 is 0 Å². The van der Waals surface area contributed by atoms with Gasteiger partial charge < -0.3 is 14.4 Å². The highest BCUT2D eigenvalue weighted by molar-refractivity contribution is 5.94. The molecule has 0 saturated carbocycles. The molecule has 7 nitrogen and oxygen atoms in total. The minimum atomic E-state index is -0.0984. The van der Waals surface area contributed by atoms with Crippen LogP contribution in [0.4, 0.5) is 0 Å². The van der Waals surface area contributed by atoms with Gasteiger partial charge in [-0.2, -0.15) is 0 Å². The number of piperidine rings is 1. The van der Waals surface area contributed by atoms with E-state index in [1.807, 2.05) is 54.4 Å². The van der Waals surface area contributed by atoms with E-state index in [4.69, 9.17) is 14.5 Å². The number of aromatic nitrogens is 3. The molecule has 3 heterocycles. The molecule has 1 saturated heterocycles. The molecule has 1 aliphatic heterocycles. The Bertz CT molecular complexity index is 1040. The molecule has 166 valence electrons. The van der Waals surface area contributed by atoms with Crippen LogP contribution < -0.4 is 4.74 Å². The van der Waals surface area contributed by atoms with Crippen LogP contribution in [0.1, 0.15) is 47.2 Å². The van der Waals surface area contributed by atoms with Crippen LogP contribution >= 0.6 is 0 Å². The molecule has 4 rings (SSSR count). The van der Waals surface area contributed by atoms with Crippen molar-refractivity contribution in [2.75, 3.05) is 26.9 Å². The number of nitrogens with zero attached hydrogens (tertiary/aromatic N) is 4. The van der Waals surface area contributed by atoms with Gasteiger partial charge in [0.05, 0.1) is 18.3 Å². The van der Waals surface area contributed by atoms with Gasteiger partial charge in [-0.15, -0.1) is 0 Å². The van der Waals surface area contributed by atoms with Crippen LogP contribution in [0.5, 0.6) is 5.75 Å². The average Bonchev–Trinajstić information content (AvgIpc) is 2.85. The fourth-order valence-corrected chi connectivity index (χ4v) is 4.06. The van der Waals surface area contributed by atoms with Crippen LogP contribution in [0, 0.1) is 6.92 Å². The predicted octanol–water partition coefficient (Wildman–Crippen LogP) is 4.24. The van der Waals surface area contributed by atoms with Crippen molar-refractivity contribution in [3.8, 4) is 16.9 Å². The largest absolute Gasteiger partial charge is 0.491 e. The zero-order valence-electron chi connectivity index (χ0n) is 18.5. The van der Waals surface area contributed by atoms with Crippen LogP contribution in [0.3, 0.4) is 0 Å². The molecular formula is C25H28N4O3. The second kappa shape index (κ2) is 10.3. The minimum Gasteiger partial charge on any atom is -0.491 e. The smallest absolute Gasteiger partial charge is 0.254 e. The number of methoxy groups -OCH3 is 1. The normalized spacial score (nSPS) is 16.1. The third-order valence-electron chi connectivity index (χ3n) is 5.67. The van der Waals surface area contributed by atoms with Gasteiger partial charge in [0, 0.05) is 43.4 Å². The Kier molecular flexibility index (Phi) is 7.07. The number of aryl methyl sites for hydroxylation is 1. The van der Waals surface area contributed by atoms with Gasteiger partial charge >= 0.3 is 0 Å². The fraction of sp³-hybridized carbons (Fsp3) is 0.360. The van der Waals surface area contributed by atoms with E-state index in [1.54, 1.807) is 19.5 Å². The number of hydrogen-bond acceptors (Lipinski definition) is 6. The highest BCUT2D eigenvalue weighted by atomic mass is 16.5. The van der Waals surface area contributed by atoms with Crippen molar-refractivity contribution in [2.24, 2.45) is 0 Å². The van der Waals surface area contributed by atoms with Gasteiger partial charge in [0.25, 0.3) is 5.91 Å². The zero-order chi connectivity index (χ0) is 22.3. The number of ether oxygens (including phenoxy) is 2. The SMILES string of the molecule is COCCOc1ccc(C(=O)N2CCCCC2c2nc(C)ncc2-c2ccncc2)cc1. The molecule has 1 unspecified atom stereocenters. The van der Waals surface area contributed by atoms with Crippen molar-refractivity contribution in [3.05, 3.63) is 72.1 Å². The Labute approximate surface area is 188 Å². The molecular weight excluding hydrogens is 404 g/mol. The molecule has 0 bridgehead atoms. The van der Waals surface area contributed by atoms with E-state index in [1.165, 1.54) is 0 Å². The van der Waals surface area contributed by atoms with Gasteiger partial charge in [0.2, 0.25) is 0 Å². The molecule has 1 fully saturated rings. The van der Waals surface area contributed by atoms with Gasteiger partial charge in [-0.05, 0) is 68.1 Å². The van der Waals surface area contributed by atoms with E-state index in [-0.39, 0.29) is 11.9 Å². The number of rotatable bonds is 7. The molecule has 0 radical (unpaired) electrons. The molecule has 1 atom stereocenters. The van der Waals surface area contributed by atoms with Crippen LogP contribution in [0.15, 0.2) is 55.0 Å². The number of likely N-dealkylation sites (tertiary alicyclic amines) is 1. The Morgan fingerprint density at radius 3 is 2.62 bits per heavy atom. The van der Waals surface area contributed by atoms with Gasteiger partial charge in [-0.1, -0.05) is 0 Å². The summed E-state index contributed by atoms with van der Waals surface area (Å²) in [5, 5.41) is 0. The first-order valence-electron chi connectivity index (χ1n) is 10.9. The Morgan fingerprint density at radius 2 is 1.88 bits per heavy atom. The second-order valence-corrected chi connectivity index (χ2v) is 7.83. The maximum absolute atomic E-state index is 13.5. The lowest BCUT2D eigenvalue weighted by Crippen LogP contribution is -2.39. The van der Waals surface area contributed by atoms with Crippen molar-refractivity contribution in [3.63, 3.8) is 0 Å². The molecule has 32 heavy (non-hydrogen) atoms. The quantitative estimate of drug-likeness (QED) is 0.520. The maximum Gasteiger partial charge on any atom is 0.254 e. The Balaban J connectivity index is 1.61. The molecule has 0 aliphatic carbocycles. The van der Waals surface area contributed by atoms with Crippen molar-refractivity contribution in [1.29, 1.82) is 0 Å². The highest BCUT2D eigenvalue weighted by Gasteiger charge is 2.31. The number of carbonyl (C=O) groups excluding carboxylic acids is 1.